The van der Waals surface area contributed by atoms with Crippen molar-refractivity contribution >= 4 is 38.9 Å². The molecule has 7 aromatic rings. The largest absolute Gasteiger partial charge is 0.366 e. The molecule has 8 heterocycles. The van der Waals surface area contributed by atoms with Gasteiger partial charge in [0.2, 0.25) is 0 Å². The molecule has 0 amide bonds. The van der Waals surface area contributed by atoms with Gasteiger partial charge in [0.1, 0.15) is 17.0 Å². The summed E-state index contributed by atoms with van der Waals surface area (Å²) < 4.78 is 0. The smallest absolute Gasteiger partial charge is 0.104 e. The SMILES string of the molecule is C.C#CCCCc1[nH]c2ccccc2c1CCC.C#CCCc1c(CCCC)[nH]c2ccccc12.C=C1CCC[C@@]23NCC[C@@]12c1ccccc1N3C.C=C1CCC[C@]23Nc4ccccc4[C@]12CCN3C.C=C1CC[C@@]12c1ccccc1N(C)[C@@]21CCCN1.CC.CC.CC.CC.CC. The maximum atomic E-state index is 5.38. The number of hydrogen-bond donors (Lipinski definition) is 5. The van der Waals surface area contributed by atoms with Gasteiger partial charge in [0.05, 0.1) is 16.2 Å². The van der Waals surface area contributed by atoms with E-state index < -0.39 is 0 Å². The van der Waals surface area contributed by atoms with Crippen molar-refractivity contribution in [2.75, 3.05) is 55.9 Å². The minimum Gasteiger partial charge on any atom is -0.366 e. The predicted octanol–water partition coefficient (Wildman–Crippen LogP) is 22.6. The van der Waals surface area contributed by atoms with Gasteiger partial charge in [-0.25, -0.2) is 0 Å². The van der Waals surface area contributed by atoms with E-state index in [9.17, 15) is 0 Å². The maximum absolute atomic E-state index is 5.38. The van der Waals surface area contributed by atoms with Crippen LogP contribution in [0.25, 0.3) is 21.8 Å². The molecule has 0 radical (unpaired) electrons. The fourth-order valence-corrected chi connectivity index (χ4v) is 18.8. The third kappa shape index (κ3) is 14.2. The number of nitrogens with zero attached hydrogens (tertiary/aromatic N) is 3. The van der Waals surface area contributed by atoms with Crippen LogP contribution in [0.3, 0.4) is 0 Å². The zero-order chi connectivity index (χ0) is 71.3. The van der Waals surface area contributed by atoms with Crippen LogP contribution in [-0.2, 0) is 41.9 Å². The molecule has 8 heteroatoms. The number of para-hydroxylation sites is 5. The van der Waals surface area contributed by atoms with Crippen LogP contribution in [0.4, 0.5) is 17.1 Å². The molecule has 3 aliphatic carbocycles. The van der Waals surface area contributed by atoms with E-state index in [2.05, 4.69) is 229 Å². The molecule has 0 bridgehead atoms. The fourth-order valence-electron chi connectivity index (χ4n) is 18.8. The average molecular weight is 1340 g/mol. The van der Waals surface area contributed by atoms with Crippen molar-refractivity contribution in [1.82, 2.24) is 25.5 Å². The van der Waals surface area contributed by atoms with Crippen LogP contribution in [0.2, 0.25) is 0 Å². The molecule has 6 fully saturated rings. The van der Waals surface area contributed by atoms with E-state index in [4.69, 9.17) is 12.8 Å². The molecule has 8 nitrogen and oxygen atoms in total. The van der Waals surface area contributed by atoms with E-state index >= 15 is 0 Å². The number of nitrogens with one attached hydrogen (secondary N) is 5. The zero-order valence-electron chi connectivity index (χ0n) is 63.8. The second kappa shape index (κ2) is 36.9. The van der Waals surface area contributed by atoms with E-state index in [0.29, 0.717) is 0 Å². The van der Waals surface area contributed by atoms with Crippen LogP contribution in [0.1, 0.15) is 245 Å². The summed E-state index contributed by atoms with van der Waals surface area (Å²) in [5, 5.41) is 14.2. The lowest BCUT2D eigenvalue weighted by Crippen LogP contribution is -2.66. The van der Waals surface area contributed by atoms with Crippen LogP contribution in [0, 0.1) is 24.7 Å². The van der Waals surface area contributed by atoms with Gasteiger partial charge in [0, 0.05) is 83.7 Å². The Labute approximate surface area is 603 Å². The number of benzene rings is 5. The van der Waals surface area contributed by atoms with Crippen molar-refractivity contribution in [3.63, 3.8) is 0 Å². The summed E-state index contributed by atoms with van der Waals surface area (Å²) in [6.45, 7) is 41.1. The van der Waals surface area contributed by atoms with Crippen molar-refractivity contribution in [1.29, 1.82) is 0 Å². The molecule has 5 aromatic carbocycles. The Balaban J connectivity index is 0.000000188. The summed E-state index contributed by atoms with van der Waals surface area (Å²) in [5.41, 5.74) is 21.9. The first-order valence-electron chi connectivity index (χ1n) is 38.7. The van der Waals surface area contributed by atoms with Gasteiger partial charge in [-0.2, -0.15) is 0 Å². The van der Waals surface area contributed by atoms with E-state index in [1.54, 1.807) is 0 Å². The highest BCUT2D eigenvalue weighted by Gasteiger charge is 2.68. The number of likely N-dealkylation sites (N-methyl/N-ethyl adjacent to an activating group) is 3. The molecule has 2 spiro atoms. The van der Waals surface area contributed by atoms with Crippen molar-refractivity contribution in [3.8, 4) is 24.7 Å². The molecular formula is C91H132N8. The van der Waals surface area contributed by atoms with Gasteiger partial charge in [-0.3, -0.25) is 15.5 Å². The second-order valence-electron chi connectivity index (χ2n) is 26.9. The summed E-state index contributed by atoms with van der Waals surface area (Å²) in [5.74, 6) is 5.45. The van der Waals surface area contributed by atoms with Gasteiger partial charge in [-0.05, 0) is 194 Å². The van der Waals surface area contributed by atoms with Crippen LogP contribution < -0.4 is 25.8 Å². The van der Waals surface area contributed by atoms with Crippen LogP contribution in [0.5, 0.6) is 0 Å². The number of hydrogen-bond acceptors (Lipinski definition) is 6. The van der Waals surface area contributed by atoms with Gasteiger partial charge in [-0.1, -0.05) is 231 Å². The molecule has 2 aromatic heterocycles. The number of anilines is 3. The van der Waals surface area contributed by atoms with E-state index in [-0.39, 0.29) is 40.7 Å². The highest BCUT2D eigenvalue weighted by atomic mass is 15.4. The van der Waals surface area contributed by atoms with Crippen molar-refractivity contribution in [3.05, 3.63) is 197 Å². The molecule has 0 unspecified atom stereocenters. The molecule has 3 saturated heterocycles. The summed E-state index contributed by atoms with van der Waals surface area (Å²) in [6.07, 6.45) is 36.1. The van der Waals surface area contributed by atoms with Gasteiger partial charge in [0.15, 0.2) is 0 Å². The molecule has 536 valence electrons. The topological polar surface area (TPSA) is 77.4 Å². The lowest BCUT2D eigenvalue weighted by Gasteiger charge is -2.54. The zero-order valence-corrected chi connectivity index (χ0v) is 63.8. The molecule has 9 aliphatic rings. The van der Waals surface area contributed by atoms with Crippen molar-refractivity contribution < 1.29 is 0 Å². The standard InChI is InChI=1S/3C16H20N2.2C16H19N.5C2H6.CH4/c1-12-6-5-9-16-15(12,10-11-18(16)2)13-7-3-4-8-14(13)17-16;1-12-6-5-9-16-15(12,10-11-17-16)13-7-3-4-8-14(13)18(16)2;1-12-8-10-15(12)13-6-3-4-7-14(13)18(2)16(15)9-5-11-17-16;1-3-5-6-11-15-13(9-4-2)14-10-7-8-12-16(14)17-15;1-3-5-9-13-14-10-7-8-12-16(14)17-15(13)11-6-4-2;5*1-2;/h2*3-4,7-8,17H,1,5-6,9-11H2,2H3;3-4,6-7,17H,1,5,8-11H2,2H3;2*1,7-8,10,12,17H,4-6,9,11H2,2H3;5*1-2H3;1H4/t15-,16+;2*15-,16-;;;;;;;;/m000......../s1. The van der Waals surface area contributed by atoms with Crippen LogP contribution >= 0.6 is 0 Å². The summed E-state index contributed by atoms with van der Waals surface area (Å²) >= 11 is 0. The summed E-state index contributed by atoms with van der Waals surface area (Å²) in [6, 6.07) is 43.7. The second-order valence-corrected chi connectivity index (χ2v) is 26.9. The molecule has 3 saturated carbocycles. The number of aromatic amines is 2. The monoisotopic (exact) mass is 1340 g/mol. The van der Waals surface area contributed by atoms with Crippen molar-refractivity contribution in [2.45, 2.75) is 265 Å². The number of unbranched alkanes of at least 4 members (excludes halogenated alkanes) is 2. The third-order valence-electron chi connectivity index (χ3n) is 23.0. The van der Waals surface area contributed by atoms with Gasteiger partial charge in [0.25, 0.3) is 0 Å². The van der Waals surface area contributed by atoms with E-state index in [1.165, 1.54) is 198 Å². The predicted molar refractivity (Wildman–Crippen MR) is 436 cm³/mol. The number of fused-ring (bicyclic) bond motifs is 7. The fraction of sp³-hybridized carbons (Fsp3) is 0.516. The molecule has 16 rings (SSSR count). The summed E-state index contributed by atoms with van der Waals surface area (Å²) in [4.78, 5) is 14.6. The quantitative estimate of drug-likeness (QED) is 0.0534. The number of H-pyrrole nitrogens is 2. The third-order valence-corrected chi connectivity index (χ3v) is 23.0. The van der Waals surface area contributed by atoms with E-state index in [1.807, 2.05) is 69.2 Å². The Morgan fingerprint density at radius 2 is 0.889 bits per heavy atom. The lowest BCUT2D eigenvalue weighted by molar-refractivity contribution is 0.130. The average Bonchev–Trinajstić information content (AvgIpc) is 1.54. The van der Waals surface area contributed by atoms with Crippen molar-refractivity contribution in [2.24, 2.45) is 0 Å². The Hall–Kier alpha value is -7.20. The number of aromatic nitrogens is 2. The van der Waals surface area contributed by atoms with Gasteiger partial charge < -0.3 is 25.1 Å². The number of aryl methyl sites for hydroxylation is 4. The normalized spacial score (nSPS) is 24.4. The van der Waals surface area contributed by atoms with Crippen LogP contribution in [-0.4, -0.2) is 72.6 Å². The summed E-state index contributed by atoms with van der Waals surface area (Å²) in [7, 11) is 6.76. The number of rotatable bonds is 10. The lowest BCUT2D eigenvalue weighted by atomic mass is 9.55. The molecule has 5 N–H and O–H groups in total. The maximum Gasteiger partial charge on any atom is 0.104 e. The Morgan fingerprint density at radius 3 is 1.38 bits per heavy atom. The first kappa shape index (κ1) is 80.8. The minimum absolute atomic E-state index is 0. The van der Waals surface area contributed by atoms with Gasteiger partial charge >= 0.3 is 0 Å². The molecule has 6 atom stereocenters. The first-order valence-corrected chi connectivity index (χ1v) is 38.7. The Kier molecular flexibility index (Phi) is 30.1. The number of terminal acetylenes is 2. The Morgan fingerprint density at radius 1 is 0.444 bits per heavy atom. The van der Waals surface area contributed by atoms with E-state index in [0.717, 1.165) is 58.0 Å². The first-order chi connectivity index (χ1) is 47.9. The molecular weight excluding hydrogens is 1210 g/mol. The molecule has 99 heavy (non-hydrogen) atoms. The Bertz CT molecular complexity index is 3770. The number of likely N-dealkylation sites (tertiary alicyclic amines) is 1. The minimum atomic E-state index is 0. The highest BCUT2D eigenvalue weighted by Crippen LogP contribution is 2.66. The highest BCUT2D eigenvalue weighted by molar-refractivity contribution is 5.85. The van der Waals surface area contributed by atoms with Gasteiger partial charge in [-0.15, -0.1) is 24.7 Å². The molecule has 6 aliphatic heterocycles. The van der Waals surface area contributed by atoms with Crippen LogP contribution in [0.15, 0.2) is 158 Å².